The Bertz CT molecular complexity index is 1190. The Balaban J connectivity index is 1.84. The van der Waals surface area contributed by atoms with Gasteiger partial charge in [-0.3, -0.25) is 4.99 Å². The van der Waals surface area contributed by atoms with Crippen molar-refractivity contribution in [1.29, 1.82) is 0 Å². The summed E-state index contributed by atoms with van der Waals surface area (Å²) in [5.74, 6) is -0.152. The normalized spacial score (nSPS) is 16.8. The molecule has 1 aliphatic heterocycles. The van der Waals surface area contributed by atoms with Crippen molar-refractivity contribution >= 4 is 23.8 Å². The summed E-state index contributed by atoms with van der Waals surface area (Å²) < 4.78 is 76.9. The van der Waals surface area contributed by atoms with Crippen LogP contribution in [0, 0.1) is 5.41 Å². The van der Waals surface area contributed by atoms with Crippen molar-refractivity contribution in [3.05, 3.63) is 76.9 Å². The Morgan fingerprint density at radius 3 is 2.14 bits per heavy atom. The second-order valence-corrected chi connectivity index (χ2v) is 8.89. The van der Waals surface area contributed by atoms with Crippen LogP contribution in [-0.4, -0.2) is 29.9 Å². The highest BCUT2D eigenvalue weighted by Gasteiger charge is 2.31. The lowest BCUT2D eigenvalue weighted by Gasteiger charge is -2.28. The molecule has 0 spiro atoms. The number of rotatable bonds is 5. The SMILES string of the molecule is CC1(C)CN=C(N/N=C(\C=Cc2ccc(C(F)(F)F)cc2)C=Cc2ccc(C(F)(F)F)cc2O)NC1. The Morgan fingerprint density at radius 2 is 1.58 bits per heavy atom. The fourth-order valence-corrected chi connectivity index (χ4v) is 3.05. The molecule has 3 rings (SSSR count). The molecule has 0 saturated heterocycles. The Labute approximate surface area is 203 Å². The van der Waals surface area contributed by atoms with Gasteiger partial charge in [-0.25, -0.2) is 5.43 Å². The number of allylic oxidation sites excluding steroid dienone is 2. The maximum Gasteiger partial charge on any atom is 0.416 e. The van der Waals surface area contributed by atoms with E-state index in [1.54, 1.807) is 0 Å². The molecule has 0 radical (unpaired) electrons. The summed E-state index contributed by atoms with van der Waals surface area (Å²) in [5.41, 5.74) is 1.83. The molecular weight excluding hydrogens is 486 g/mol. The van der Waals surface area contributed by atoms with Gasteiger partial charge in [0.1, 0.15) is 5.75 Å². The molecule has 2 aromatic rings. The van der Waals surface area contributed by atoms with E-state index >= 15 is 0 Å². The summed E-state index contributed by atoms with van der Waals surface area (Å²) in [7, 11) is 0. The lowest BCUT2D eigenvalue weighted by Crippen LogP contribution is -2.46. The van der Waals surface area contributed by atoms with Crippen molar-refractivity contribution in [2.45, 2.75) is 26.2 Å². The van der Waals surface area contributed by atoms with E-state index in [9.17, 15) is 31.4 Å². The molecule has 1 heterocycles. The molecule has 2 aromatic carbocycles. The lowest BCUT2D eigenvalue weighted by molar-refractivity contribution is -0.138. The van der Waals surface area contributed by atoms with Crippen LogP contribution in [0.4, 0.5) is 26.3 Å². The molecule has 0 aliphatic carbocycles. The maximum absolute atomic E-state index is 12.8. The minimum Gasteiger partial charge on any atom is -0.507 e. The van der Waals surface area contributed by atoms with Gasteiger partial charge in [-0.05, 0) is 48.1 Å². The summed E-state index contributed by atoms with van der Waals surface area (Å²) in [6, 6.07) is 7.08. The van der Waals surface area contributed by atoms with Gasteiger partial charge in [0.25, 0.3) is 0 Å². The monoisotopic (exact) mass is 510 g/mol. The summed E-state index contributed by atoms with van der Waals surface area (Å²) in [6.45, 7) is 5.30. The first-order chi connectivity index (χ1) is 16.7. The third kappa shape index (κ3) is 7.62. The largest absolute Gasteiger partial charge is 0.507 e. The van der Waals surface area contributed by atoms with E-state index in [1.807, 2.05) is 13.8 Å². The second kappa shape index (κ2) is 10.5. The molecule has 5 nitrogen and oxygen atoms in total. The fourth-order valence-electron chi connectivity index (χ4n) is 3.05. The highest BCUT2D eigenvalue weighted by atomic mass is 19.4. The predicted molar refractivity (Wildman–Crippen MR) is 127 cm³/mol. The number of benzene rings is 2. The van der Waals surface area contributed by atoms with Crippen LogP contribution in [0.5, 0.6) is 5.75 Å². The number of alkyl halides is 6. The van der Waals surface area contributed by atoms with Crippen LogP contribution < -0.4 is 10.7 Å². The van der Waals surface area contributed by atoms with Crippen molar-refractivity contribution in [3.63, 3.8) is 0 Å². The van der Waals surface area contributed by atoms with E-state index in [1.165, 1.54) is 36.4 Å². The molecule has 0 atom stereocenters. The zero-order valence-corrected chi connectivity index (χ0v) is 19.4. The van der Waals surface area contributed by atoms with Crippen LogP contribution >= 0.6 is 0 Å². The molecule has 0 unspecified atom stereocenters. The number of aliphatic imine (C=N–C) groups is 1. The van der Waals surface area contributed by atoms with Crippen molar-refractivity contribution in [2.24, 2.45) is 15.5 Å². The molecule has 0 amide bonds. The highest BCUT2D eigenvalue weighted by Crippen LogP contribution is 2.33. The van der Waals surface area contributed by atoms with E-state index in [2.05, 4.69) is 20.8 Å². The van der Waals surface area contributed by atoms with Crippen LogP contribution in [0.2, 0.25) is 0 Å². The summed E-state index contributed by atoms with van der Waals surface area (Å²) in [4.78, 5) is 4.36. The van der Waals surface area contributed by atoms with Crippen molar-refractivity contribution in [2.75, 3.05) is 13.1 Å². The Morgan fingerprint density at radius 1 is 0.972 bits per heavy atom. The molecule has 0 saturated carbocycles. The maximum atomic E-state index is 12.8. The average molecular weight is 510 g/mol. The lowest BCUT2D eigenvalue weighted by atomic mass is 9.93. The van der Waals surface area contributed by atoms with Gasteiger partial charge in [0.2, 0.25) is 5.96 Å². The minimum absolute atomic E-state index is 0.0276. The third-order valence-corrected chi connectivity index (χ3v) is 5.17. The van der Waals surface area contributed by atoms with Crippen LogP contribution in [0.15, 0.2) is 64.7 Å². The van der Waals surface area contributed by atoms with Gasteiger partial charge in [-0.15, -0.1) is 0 Å². The van der Waals surface area contributed by atoms with Gasteiger partial charge in [-0.2, -0.15) is 31.4 Å². The number of hydrogen-bond donors (Lipinski definition) is 3. The number of nitrogens with one attached hydrogen (secondary N) is 2. The van der Waals surface area contributed by atoms with Gasteiger partial charge < -0.3 is 10.4 Å². The highest BCUT2D eigenvalue weighted by molar-refractivity contribution is 6.09. The van der Waals surface area contributed by atoms with Crippen LogP contribution in [0.3, 0.4) is 0 Å². The van der Waals surface area contributed by atoms with E-state index in [0.29, 0.717) is 30.7 Å². The molecule has 192 valence electrons. The fraction of sp³-hybridized carbons (Fsp3) is 0.280. The zero-order chi connectivity index (χ0) is 26.6. The number of phenolic OH excluding ortho intramolecular Hbond substituents is 1. The van der Waals surface area contributed by atoms with Crippen molar-refractivity contribution in [1.82, 2.24) is 10.7 Å². The number of aromatic hydroxyl groups is 1. The molecule has 0 fully saturated rings. The molecule has 1 aliphatic rings. The van der Waals surface area contributed by atoms with Crippen LogP contribution in [0.1, 0.15) is 36.1 Å². The molecular formula is C25H24F6N4O. The minimum atomic E-state index is -4.59. The quantitative estimate of drug-likeness (QED) is 0.259. The van der Waals surface area contributed by atoms with Crippen molar-refractivity contribution in [3.8, 4) is 5.75 Å². The third-order valence-electron chi connectivity index (χ3n) is 5.17. The van der Waals surface area contributed by atoms with Crippen molar-refractivity contribution < 1.29 is 31.4 Å². The Kier molecular flexibility index (Phi) is 7.80. The second-order valence-electron chi connectivity index (χ2n) is 8.89. The zero-order valence-electron chi connectivity index (χ0n) is 19.4. The number of hydrazone groups is 1. The summed E-state index contributed by atoms with van der Waals surface area (Å²) in [6.07, 6.45) is -3.22. The first-order valence-electron chi connectivity index (χ1n) is 10.8. The van der Waals surface area contributed by atoms with E-state index in [4.69, 9.17) is 0 Å². The van der Waals surface area contributed by atoms with E-state index in [0.717, 1.165) is 24.3 Å². The van der Waals surface area contributed by atoms with Gasteiger partial charge in [0, 0.05) is 24.1 Å². The Hall–Kier alpha value is -3.76. The molecule has 36 heavy (non-hydrogen) atoms. The van der Waals surface area contributed by atoms with Gasteiger partial charge >= 0.3 is 12.4 Å². The van der Waals surface area contributed by atoms with Gasteiger partial charge in [0.05, 0.1) is 16.8 Å². The van der Waals surface area contributed by atoms with Crippen LogP contribution in [-0.2, 0) is 12.4 Å². The predicted octanol–water partition coefficient (Wildman–Crippen LogP) is 6.09. The molecule has 0 bridgehead atoms. The number of phenols is 1. The number of hydrogen-bond acceptors (Lipinski definition) is 5. The molecule has 0 aromatic heterocycles. The summed E-state index contributed by atoms with van der Waals surface area (Å²) >= 11 is 0. The first kappa shape index (κ1) is 26.8. The van der Waals surface area contributed by atoms with Crippen LogP contribution in [0.25, 0.3) is 12.2 Å². The standard InChI is InChI=1S/C25H24F6N4O/c1-23(2)14-32-22(33-15-23)35-34-20(11-5-16-3-8-18(9-4-16)24(26,27)28)12-7-17-6-10-19(13-21(17)36)25(29,30)31/h3-13,36H,14-15H2,1-2H3,(H2,32,33,35)/b11-5?,12-7?,34-20+. The van der Waals surface area contributed by atoms with E-state index < -0.39 is 29.2 Å². The van der Waals surface area contributed by atoms with Gasteiger partial charge in [-0.1, -0.05) is 38.1 Å². The molecule has 3 N–H and O–H groups in total. The number of halogens is 6. The average Bonchev–Trinajstić information content (AvgIpc) is 2.79. The smallest absolute Gasteiger partial charge is 0.416 e. The summed E-state index contributed by atoms with van der Waals surface area (Å²) in [5, 5.41) is 17.3. The number of nitrogens with zero attached hydrogens (tertiary/aromatic N) is 2. The first-order valence-corrected chi connectivity index (χ1v) is 10.8. The molecule has 11 heteroatoms. The number of guanidine groups is 1. The van der Waals surface area contributed by atoms with Gasteiger partial charge in [0.15, 0.2) is 0 Å². The topological polar surface area (TPSA) is 69.0 Å². The van der Waals surface area contributed by atoms with E-state index in [-0.39, 0.29) is 16.7 Å².